The summed E-state index contributed by atoms with van der Waals surface area (Å²) in [6, 6.07) is 9.01. The van der Waals surface area contributed by atoms with E-state index < -0.39 is 10.0 Å². The van der Waals surface area contributed by atoms with E-state index in [1.54, 1.807) is 17.5 Å². The summed E-state index contributed by atoms with van der Waals surface area (Å²) in [7, 11) is -3.57. The molecule has 26 heavy (non-hydrogen) atoms. The van der Waals surface area contributed by atoms with Crippen molar-refractivity contribution in [3.8, 4) is 11.3 Å². The van der Waals surface area contributed by atoms with Crippen LogP contribution in [0.4, 0.5) is 0 Å². The fourth-order valence-corrected chi connectivity index (χ4v) is 4.67. The normalized spacial score (nSPS) is 16.2. The van der Waals surface area contributed by atoms with Crippen LogP contribution in [0.2, 0.25) is 0 Å². The Morgan fingerprint density at radius 2 is 1.81 bits per heavy atom. The summed E-state index contributed by atoms with van der Waals surface area (Å²) in [5.41, 5.74) is 2.76. The van der Waals surface area contributed by atoms with E-state index in [4.69, 9.17) is 4.74 Å². The second kappa shape index (κ2) is 6.42. The number of ether oxygens (including phenoxy) is 1. The van der Waals surface area contributed by atoms with Gasteiger partial charge in [0.05, 0.1) is 23.8 Å². The minimum absolute atomic E-state index is 0.305. The van der Waals surface area contributed by atoms with Crippen molar-refractivity contribution >= 4 is 15.7 Å². The van der Waals surface area contributed by atoms with Gasteiger partial charge in [-0.05, 0) is 37.6 Å². The van der Waals surface area contributed by atoms with Crippen LogP contribution in [0.5, 0.6) is 0 Å². The molecule has 0 unspecified atom stereocenters. The summed E-state index contributed by atoms with van der Waals surface area (Å²) in [4.78, 5) is 0.305. The van der Waals surface area contributed by atoms with E-state index in [1.807, 2.05) is 31.2 Å². The number of benzene rings is 1. The SMILES string of the molecule is Cc1ccc(-c2ccc3nnc(C)n3n2)cc1S(=O)(=O)N1CCOCC1. The zero-order valence-corrected chi connectivity index (χ0v) is 15.4. The molecule has 1 saturated heterocycles. The van der Waals surface area contributed by atoms with Gasteiger partial charge in [0, 0.05) is 18.7 Å². The number of fused-ring (bicyclic) bond motifs is 1. The molecule has 3 aromatic rings. The molecule has 0 bridgehead atoms. The Morgan fingerprint density at radius 3 is 2.58 bits per heavy atom. The first-order chi connectivity index (χ1) is 12.5. The molecule has 1 aliphatic rings. The van der Waals surface area contributed by atoms with Crippen molar-refractivity contribution in [3.05, 3.63) is 41.7 Å². The predicted octanol–water partition coefficient (Wildman–Crippen LogP) is 1.43. The zero-order valence-electron chi connectivity index (χ0n) is 14.6. The molecule has 1 aliphatic heterocycles. The number of nitrogens with zero attached hydrogens (tertiary/aromatic N) is 5. The Labute approximate surface area is 151 Å². The number of aromatic nitrogens is 4. The first kappa shape index (κ1) is 17.1. The molecule has 9 heteroatoms. The lowest BCUT2D eigenvalue weighted by atomic mass is 10.1. The van der Waals surface area contributed by atoms with Crippen molar-refractivity contribution in [3.63, 3.8) is 0 Å². The van der Waals surface area contributed by atoms with Gasteiger partial charge < -0.3 is 4.74 Å². The molecule has 0 atom stereocenters. The molecule has 1 fully saturated rings. The van der Waals surface area contributed by atoms with E-state index in [9.17, 15) is 8.42 Å². The summed E-state index contributed by atoms with van der Waals surface area (Å²) in [6.07, 6.45) is 0. The molecule has 2 aromatic heterocycles. The maximum Gasteiger partial charge on any atom is 0.243 e. The monoisotopic (exact) mass is 373 g/mol. The second-order valence-electron chi connectivity index (χ2n) is 6.23. The Kier molecular flexibility index (Phi) is 4.22. The van der Waals surface area contributed by atoms with E-state index in [1.165, 1.54) is 4.31 Å². The largest absolute Gasteiger partial charge is 0.379 e. The van der Waals surface area contributed by atoms with Crippen molar-refractivity contribution < 1.29 is 13.2 Å². The number of morpholine rings is 1. The minimum atomic E-state index is -3.57. The third-order valence-corrected chi connectivity index (χ3v) is 6.53. The molecule has 3 heterocycles. The van der Waals surface area contributed by atoms with E-state index in [0.717, 1.165) is 5.56 Å². The van der Waals surface area contributed by atoms with Gasteiger partial charge in [0.2, 0.25) is 10.0 Å². The first-order valence-electron chi connectivity index (χ1n) is 8.35. The van der Waals surface area contributed by atoms with Crippen LogP contribution >= 0.6 is 0 Å². The number of hydrogen-bond donors (Lipinski definition) is 0. The van der Waals surface area contributed by atoms with Crippen LogP contribution in [-0.2, 0) is 14.8 Å². The Hall–Kier alpha value is -2.36. The summed E-state index contributed by atoms with van der Waals surface area (Å²) in [5, 5.41) is 12.6. The Bertz CT molecular complexity index is 1070. The van der Waals surface area contributed by atoms with Gasteiger partial charge in [-0.15, -0.1) is 10.2 Å². The quantitative estimate of drug-likeness (QED) is 0.690. The van der Waals surface area contributed by atoms with Crippen LogP contribution in [0.15, 0.2) is 35.2 Å². The van der Waals surface area contributed by atoms with Gasteiger partial charge >= 0.3 is 0 Å². The van der Waals surface area contributed by atoms with Gasteiger partial charge in [0.15, 0.2) is 11.5 Å². The second-order valence-corrected chi connectivity index (χ2v) is 8.14. The lowest BCUT2D eigenvalue weighted by Crippen LogP contribution is -2.40. The fraction of sp³-hybridized carbons (Fsp3) is 0.353. The Morgan fingerprint density at radius 1 is 1.04 bits per heavy atom. The molecule has 0 radical (unpaired) electrons. The highest BCUT2D eigenvalue weighted by Crippen LogP contribution is 2.26. The topological polar surface area (TPSA) is 89.7 Å². The lowest BCUT2D eigenvalue weighted by Gasteiger charge is -2.26. The number of hydrogen-bond acceptors (Lipinski definition) is 6. The summed E-state index contributed by atoms with van der Waals surface area (Å²) in [6.45, 7) is 5.20. The maximum absolute atomic E-state index is 13.0. The first-order valence-corrected chi connectivity index (χ1v) is 9.79. The summed E-state index contributed by atoms with van der Waals surface area (Å²) < 4.78 is 34.5. The van der Waals surface area contributed by atoms with E-state index >= 15 is 0 Å². The maximum atomic E-state index is 13.0. The molecule has 8 nitrogen and oxygen atoms in total. The van der Waals surface area contributed by atoms with Gasteiger partial charge in [-0.3, -0.25) is 0 Å². The molecule has 1 aromatic carbocycles. The van der Waals surface area contributed by atoms with Gasteiger partial charge in [-0.25, -0.2) is 8.42 Å². The zero-order chi connectivity index (χ0) is 18.3. The summed E-state index contributed by atoms with van der Waals surface area (Å²) in [5.74, 6) is 0.676. The molecule has 0 spiro atoms. The van der Waals surface area contributed by atoms with Gasteiger partial charge in [-0.1, -0.05) is 12.1 Å². The molecule has 0 amide bonds. The number of rotatable bonds is 3. The highest BCUT2D eigenvalue weighted by atomic mass is 32.2. The minimum Gasteiger partial charge on any atom is -0.379 e. The van der Waals surface area contributed by atoms with Crippen LogP contribution in [0.1, 0.15) is 11.4 Å². The molecule has 0 N–H and O–H groups in total. The van der Waals surface area contributed by atoms with Crippen LogP contribution < -0.4 is 0 Å². The smallest absolute Gasteiger partial charge is 0.243 e. The molecular formula is C17H19N5O3S. The molecule has 0 saturated carbocycles. The van der Waals surface area contributed by atoms with Gasteiger partial charge in [0.25, 0.3) is 0 Å². The van der Waals surface area contributed by atoms with Crippen LogP contribution in [0.3, 0.4) is 0 Å². The molecular weight excluding hydrogens is 354 g/mol. The summed E-state index contributed by atoms with van der Waals surface area (Å²) >= 11 is 0. The average molecular weight is 373 g/mol. The van der Waals surface area contributed by atoms with Crippen molar-refractivity contribution in [2.75, 3.05) is 26.3 Å². The van der Waals surface area contributed by atoms with Gasteiger partial charge in [-0.2, -0.15) is 13.9 Å². The van der Waals surface area contributed by atoms with Crippen LogP contribution in [0.25, 0.3) is 16.9 Å². The fourth-order valence-electron chi connectivity index (χ4n) is 3.01. The lowest BCUT2D eigenvalue weighted by molar-refractivity contribution is 0.0730. The predicted molar refractivity (Wildman–Crippen MR) is 95.3 cm³/mol. The highest BCUT2D eigenvalue weighted by Gasteiger charge is 2.28. The van der Waals surface area contributed by atoms with Gasteiger partial charge in [0.1, 0.15) is 0 Å². The van der Waals surface area contributed by atoms with Crippen LogP contribution in [-0.4, -0.2) is 58.8 Å². The number of aryl methyl sites for hydroxylation is 2. The average Bonchev–Trinajstić information content (AvgIpc) is 3.03. The van der Waals surface area contributed by atoms with Crippen molar-refractivity contribution in [1.82, 2.24) is 24.1 Å². The molecule has 136 valence electrons. The van der Waals surface area contributed by atoms with E-state index in [2.05, 4.69) is 15.3 Å². The third-order valence-electron chi connectivity index (χ3n) is 4.49. The molecule has 0 aliphatic carbocycles. The van der Waals surface area contributed by atoms with Crippen molar-refractivity contribution in [2.45, 2.75) is 18.7 Å². The standard InChI is InChI=1S/C17H19N5O3S/c1-12-3-4-14(15-5-6-17-19-18-13(2)22(17)20-15)11-16(12)26(23,24)21-7-9-25-10-8-21/h3-6,11H,7-10H2,1-2H3. The van der Waals surface area contributed by atoms with Crippen molar-refractivity contribution in [1.29, 1.82) is 0 Å². The van der Waals surface area contributed by atoms with Crippen molar-refractivity contribution in [2.24, 2.45) is 0 Å². The Balaban J connectivity index is 1.79. The molecule has 4 rings (SSSR count). The van der Waals surface area contributed by atoms with Crippen LogP contribution in [0, 0.1) is 13.8 Å². The highest BCUT2D eigenvalue weighted by molar-refractivity contribution is 7.89. The van der Waals surface area contributed by atoms with E-state index in [-0.39, 0.29) is 0 Å². The van der Waals surface area contributed by atoms with E-state index in [0.29, 0.717) is 53.9 Å². The third kappa shape index (κ3) is 2.87. The number of sulfonamides is 1.